The molecular formula is C17H16F2N10O. The average molecular weight is 414 g/mol. The number of anilines is 1. The van der Waals surface area contributed by atoms with Crippen molar-refractivity contribution < 1.29 is 13.6 Å². The molecular weight excluding hydrogens is 398 g/mol. The first-order valence-electron chi connectivity index (χ1n) is 8.96. The van der Waals surface area contributed by atoms with Crippen LogP contribution in [0.5, 0.6) is 0 Å². The molecule has 2 amide bonds. The number of benzene rings is 1. The number of amides is 2. The van der Waals surface area contributed by atoms with Gasteiger partial charge in [-0.15, -0.1) is 10.2 Å². The lowest BCUT2D eigenvalue weighted by Crippen LogP contribution is -2.39. The number of hydrazone groups is 1. The zero-order valence-electron chi connectivity index (χ0n) is 15.5. The van der Waals surface area contributed by atoms with Crippen molar-refractivity contribution in [2.45, 2.75) is 12.5 Å². The van der Waals surface area contributed by atoms with Crippen molar-refractivity contribution in [2.75, 3.05) is 18.4 Å². The van der Waals surface area contributed by atoms with Gasteiger partial charge in [0.1, 0.15) is 17.3 Å². The number of hydrogen-bond acceptors (Lipinski definition) is 8. The molecule has 0 bridgehead atoms. The number of nitrogens with zero attached hydrogens (tertiary/aromatic N) is 7. The molecule has 0 saturated heterocycles. The fraction of sp³-hybridized carbons (Fsp3) is 0.235. The van der Waals surface area contributed by atoms with Gasteiger partial charge in [-0.1, -0.05) is 0 Å². The molecule has 0 unspecified atom stereocenters. The highest BCUT2D eigenvalue weighted by molar-refractivity contribution is 5.78. The first kappa shape index (κ1) is 19.3. The number of tetrazole rings is 1. The second-order valence-electron chi connectivity index (χ2n) is 6.26. The largest absolute Gasteiger partial charge is 0.352 e. The summed E-state index contributed by atoms with van der Waals surface area (Å²) in [5.74, 6) is -0.742. The summed E-state index contributed by atoms with van der Waals surface area (Å²) in [5, 5.41) is 24.4. The zero-order chi connectivity index (χ0) is 20.9. The van der Waals surface area contributed by atoms with E-state index in [0.29, 0.717) is 36.0 Å². The quantitative estimate of drug-likeness (QED) is 0.520. The third kappa shape index (κ3) is 4.34. The van der Waals surface area contributed by atoms with E-state index in [9.17, 15) is 13.6 Å². The predicted molar refractivity (Wildman–Crippen MR) is 101 cm³/mol. The number of aromatic nitrogens is 6. The maximum absolute atomic E-state index is 13.5. The van der Waals surface area contributed by atoms with Crippen LogP contribution in [0.25, 0.3) is 11.5 Å². The van der Waals surface area contributed by atoms with E-state index in [1.807, 2.05) is 0 Å². The lowest BCUT2D eigenvalue weighted by Gasteiger charge is -2.22. The van der Waals surface area contributed by atoms with E-state index in [2.05, 4.69) is 46.3 Å². The van der Waals surface area contributed by atoms with Gasteiger partial charge in [0.25, 0.3) is 0 Å². The predicted octanol–water partition coefficient (Wildman–Crippen LogP) is 1.49. The molecule has 0 fully saturated rings. The number of carbonyl (C=O) groups excluding carboxylic acids is 1. The number of hydrogen-bond donors (Lipinski definition) is 3. The van der Waals surface area contributed by atoms with Crippen LogP contribution in [0.4, 0.5) is 19.5 Å². The molecule has 0 aliphatic carbocycles. The van der Waals surface area contributed by atoms with Gasteiger partial charge in [0, 0.05) is 38.0 Å². The Morgan fingerprint density at radius 2 is 2.07 bits per heavy atom. The molecule has 0 radical (unpaired) electrons. The van der Waals surface area contributed by atoms with E-state index in [4.69, 9.17) is 0 Å². The van der Waals surface area contributed by atoms with Crippen LogP contribution >= 0.6 is 0 Å². The van der Waals surface area contributed by atoms with Crippen LogP contribution < -0.4 is 10.6 Å². The van der Waals surface area contributed by atoms with Gasteiger partial charge in [-0.2, -0.15) is 10.3 Å². The van der Waals surface area contributed by atoms with E-state index < -0.39 is 23.7 Å². The minimum absolute atomic E-state index is 0.241. The Hall–Kier alpha value is -4.03. The lowest BCUT2D eigenvalue weighted by atomic mass is 10.0. The Morgan fingerprint density at radius 1 is 1.23 bits per heavy atom. The SMILES string of the molecule is O=C(NCCNc1nccc(-c2nn[nH]n2)n1)N1N=CC[C@H]1c1cc(F)cc(F)c1. The van der Waals surface area contributed by atoms with Crippen LogP contribution in [-0.2, 0) is 0 Å². The fourth-order valence-electron chi connectivity index (χ4n) is 2.92. The molecule has 11 nitrogen and oxygen atoms in total. The monoisotopic (exact) mass is 414 g/mol. The van der Waals surface area contributed by atoms with E-state index in [1.165, 1.54) is 23.4 Å². The number of rotatable bonds is 6. The lowest BCUT2D eigenvalue weighted by molar-refractivity contribution is 0.186. The van der Waals surface area contributed by atoms with E-state index in [1.54, 1.807) is 12.3 Å². The Labute approximate surface area is 168 Å². The molecule has 1 aliphatic heterocycles. The maximum atomic E-state index is 13.5. The number of carbonyl (C=O) groups is 1. The number of H-pyrrole nitrogens is 1. The van der Waals surface area contributed by atoms with Gasteiger partial charge in [-0.3, -0.25) is 0 Å². The number of aromatic amines is 1. The summed E-state index contributed by atoms with van der Waals surface area (Å²) in [6, 6.07) is 3.75. The van der Waals surface area contributed by atoms with Gasteiger partial charge in [0.2, 0.25) is 11.8 Å². The summed E-state index contributed by atoms with van der Waals surface area (Å²) in [7, 11) is 0. The first-order valence-corrected chi connectivity index (χ1v) is 8.96. The van der Waals surface area contributed by atoms with E-state index in [-0.39, 0.29) is 6.54 Å². The van der Waals surface area contributed by atoms with Gasteiger partial charge in [0.05, 0.1) is 6.04 Å². The first-order chi connectivity index (χ1) is 14.6. The highest BCUT2D eigenvalue weighted by Crippen LogP contribution is 2.29. The highest BCUT2D eigenvalue weighted by atomic mass is 19.1. The van der Waals surface area contributed by atoms with Gasteiger partial charge >= 0.3 is 6.03 Å². The third-order valence-electron chi connectivity index (χ3n) is 4.22. The fourth-order valence-corrected chi connectivity index (χ4v) is 2.92. The van der Waals surface area contributed by atoms with E-state index >= 15 is 0 Å². The van der Waals surface area contributed by atoms with Crippen LogP contribution in [0, 0.1) is 11.6 Å². The van der Waals surface area contributed by atoms with Gasteiger partial charge in [-0.25, -0.2) is 28.6 Å². The van der Waals surface area contributed by atoms with Crippen LogP contribution in [0.2, 0.25) is 0 Å². The van der Waals surface area contributed by atoms with Crippen LogP contribution in [-0.4, -0.2) is 60.9 Å². The summed E-state index contributed by atoms with van der Waals surface area (Å²) in [6.07, 6.45) is 3.44. The van der Waals surface area contributed by atoms with Crippen molar-refractivity contribution in [3.05, 3.63) is 47.7 Å². The smallest absolute Gasteiger partial charge is 0.338 e. The number of nitrogens with one attached hydrogen (secondary N) is 3. The van der Waals surface area contributed by atoms with Crippen LogP contribution in [0.1, 0.15) is 18.0 Å². The Balaban J connectivity index is 1.30. The van der Waals surface area contributed by atoms with Crippen molar-refractivity contribution in [3.63, 3.8) is 0 Å². The van der Waals surface area contributed by atoms with Crippen LogP contribution in [0.3, 0.4) is 0 Å². The van der Waals surface area contributed by atoms with Crippen molar-refractivity contribution in [2.24, 2.45) is 5.10 Å². The number of urea groups is 1. The molecule has 3 heterocycles. The second kappa shape index (κ2) is 8.55. The van der Waals surface area contributed by atoms with Crippen molar-refractivity contribution in [1.82, 2.24) is 40.9 Å². The molecule has 30 heavy (non-hydrogen) atoms. The highest BCUT2D eigenvalue weighted by Gasteiger charge is 2.28. The molecule has 0 saturated carbocycles. The summed E-state index contributed by atoms with van der Waals surface area (Å²) >= 11 is 0. The minimum atomic E-state index is -0.704. The topological polar surface area (TPSA) is 137 Å². The summed E-state index contributed by atoms with van der Waals surface area (Å²) < 4.78 is 27.0. The molecule has 4 rings (SSSR count). The molecule has 13 heteroatoms. The maximum Gasteiger partial charge on any atom is 0.338 e. The zero-order valence-corrected chi connectivity index (χ0v) is 15.5. The molecule has 2 aromatic heterocycles. The van der Waals surface area contributed by atoms with E-state index in [0.717, 1.165) is 6.07 Å². The summed E-state index contributed by atoms with van der Waals surface area (Å²) in [5.41, 5.74) is 0.826. The Kier molecular flexibility index (Phi) is 5.50. The molecule has 1 aliphatic rings. The minimum Gasteiger partial charge on any atom is -0.352 e. The van der Waals surface area contributed by atoms with Crippen molar-refractivity contribution in [1.29, 1.82) is 0 Å². The molecule has 154 valence electrons. The van der Waals surface area contributed by atoms with Gasteiger partial charge in [-0.05, 0) is 29.0 Å². The van der Waals surface area contributed by atoms with Gasteiger partial charge < -0.3 is 10.6 Å². The molecule has 1 atom stereocenters. The molecule has 3 aromatic rings. The van der Waals surface area contributed by atoms with Gasteiger partial charge in [0.15, 0.2) is 0 Å². The second-order valence-corrected chi connectivity index (χ2v) is 6.26. The summed E-state index contributed by atoms with van der Waals surface area (Å²) in [4.78, 5) is 20.8. The number of halogens is 2. The molecule has 1 aromatic carbocycles. The third-order valence-corrected chi connectivity index (χ3v) is 4.22. The summed E-state index contributed by atoms with van der Waals surface area (Å²) in [6.45, 7) is 0.573. The Morgan fingerprint density at radius 3 is 2.83 bits per heavy atom. The molecule has 0 spiro atoms. The van der Waals surface area contributed by atoms with Crippen molar-refractivity contribution in [3.8, 4) is 11.5 Å². The normalized spacial score (nSPS) is 15.4. The Bertz CT molecular complexity index is 1040. The van der Waals surface area contributed by atoms with Crippen molar-refractivity contribution >= 4 is 18.2 Å². The average Bonchev–Trinajstić information content (AvgIpc) is 3.43. The molecule has 3 N–H and O–H groups in total. The standard InChI is InChI=1S/C17H16F2N10O/c18-11-7-10(8-12(19)9-11)14-2-4-23-29(14)17(30)22-6-5-21-16-20-3-1-13(24-16)15-25-27-28-26-15/h1,3-4,7-9,14H,2,5-6H2,(H,22,30)(H,20,21,24)(H,25,26,27,28)/t14-/m0/s1. The van der Waals surface area contributed by atoms with Crippen LogP contribution in [0.15, 0.2) is 35.6 Å².